The van der Waals surface area contributed by atoms with Crippen LogP contribution in [0, 0.1) is 16.7 Å². The molecule has 0 aromatic heterocycles. The number of carboxylic acid groups (broad SMARTS) is 1. The molecule has 1 unspecified atom stereocenters. The normalized spacial score (nSPS) is 20.9. The fourth-order valence-electron chi connectivity index (χ4n) is 3.39. The Morgan fingerprint density at radius 3 is 2.44 bits per heavy atom. The number of rotatable bonds is 7. The predicted octanol–water partition coefficient (Wildman–Crippen LogP) is 3.19. The molecule has 1 amide bonds. The summed E-state index contributed by atoms with van der Waals surface area (Å²) in [5.41, 5.74) is -0.451. The van der Waals surface area contributed by atoms with E-state index < -0.39 is 16.8 Å². The summed E-state index contributed by atoms with van der Waals surface area (Å²) < 4.78 is 5.75. The van der Waals surface area contributed by atoms with Crippen molar-refractivity contribution in [2.24, 2.45) is 16.7 Å². The third kappa shape index (κ3) is 4.21. The maximum atomic E-state index is 12.9. The second-order valence-corrected chi connectivity index (χ2v) is 7.95. The molecule has 138 valence electrons. The second-order valence-electron chi connectivity index (χ2n) is 7.95. The van der Waals surface area contributed by atoms with Crippen LogP contribution in [0.3, 0.4) is 0 Å². The molecule has 1 aromatic rings. The molecule has 0 saturated carbocycles. The Kier molecular flexibility index (Phi) is 5.88. The van der Waals surface area contributed by atoms with Gasteiger partial charge in [0.15, 0.2) is 0 Å². The molecular weight excluding hydrogens is 318 g/mol. The molecule has 1 heterocycles. The first-order valence-corrected chi connectivity index (χ1v) is 8.83. The van der Waals surface area contributed by atoms with Crippen LogP contribution in [-0.4, -0.2) is 41.6 Å². The summed E-state index contributed by atoms with van der Waals surface area (Å²) in [5, 5.41) is 9.64. The van der Waals surface area contributed by atoms with Gasteiger partial charge in [-0.3, -0.25) is 9.59 Å². The van der Waals surface area contributed by atoms with E-state index in [2.05, 4.69) is 0 Å². The van der Waals surface area contributed by atoms with Crippen LogP contribution in [0.1, 0.15) is 39.7 Å². The molecule has 25 heavy (non-hydrogen) atoms. The Labute approximate surface area is 150 Å². The number of hydrogen-bond acceptors (Lipinski definition) is 3. The summed E-state index contributed by atoms with van der Waals surface area (Å²) in [7, 11) is 0. The van der Waals surface area contributed by atoms with E-state index in [0.717, 1.165) is 5.56 Å². The fourth-order valence-corrected chi connectivity index (χ4v) is 3.39. The van der Waals surface area contributed by atoms with E-state index in [1.807, 2.05) is 58.0 Å². The summed E-state index contributed by atoms with van der Waals surface area (Å²) in [6.45, 7) is 9.08. The lowest BCUT2D eigenvalue weighted by molar-refractivity contribution is -0.152. The Morgan fingerprint density at radius 2 is 1.92 bits per heavy atom. The van der Waals surface area contributed by atoms with Gasteiger partial charge in [0, 0.05) is 13.1 Å². The zero-order chi connectivity index (χ0) is 18.7. The number of carbonyl (C=O) groups is 2. The molecule has 5 heteroatoms. The zero-order valence-corrected chi connectivity index (χ0v) is 15.6. The molecule has 1 fully saturated rings. The molecule has 1 atom stereocenters. The first-order valence-electron chi connectivity index (χ1n) is 8.83. The number of ether oxygens (including phenoxy) is 1. The average molecular weight is 347 g/mol. The minimum absolute atomic E-state index is 0.0137. The monoisotopic (exact) mass is 347 g/mol. The third-order valence-electron chi connectivity index (χ3n) is 5.27. The molecule has 1 saturated heterocycles. The van der Waals surface area contributed by atoms with Gasteiger partial charge in [0.2, 0.25) is 5.91 Å². The van der Waals surface area contributed by atoms with Gasteiger partial charge < -0.3 is 14.7 Å². The van der Waals surface area contributed by atoms with Gasteiger partial charge in [0.05, 0.1) is 24.0 Å². The summed E-state index contributed by atoms with van der Waals surface area (Å²) in [4.78, 5) is 26.3. The van der Waals surface area contributed by atoms with Gasteiger partial charge in [0.25, 0.3) is 0 Å². The lowest BCUT2D eigenvalue weighted by Gasteiger charge is -2.32. The van der Waals surface area contributed by atoms with Gasteiger partial charge in [-0.2, -0.15) is 0 Å². The van der Waals surface area contributed by atoms with Crippen molar-refractivity contribution in [2.45, 2.75) is 40.7 Å². The molecule has 0 radical (unpaired) electrons. The molecule has 0 bridgehead atoms. The average Bonchev–Trinajstić information content (AvgIpc) is 3.01. The van der Waals surface area contributed by atoms with Gasteiger partial charge >= 0.3 is 5.97 Å². The van der Waals surface area contributed by atoms with Gasteiger partial charge in [-0.25, -0.2) is 0 Å². The standard InChI is InChI=1S/C20H29NO4/c1-15(2)20(18(23)24)10-11-21(13-20)17(22)19(3,4)14-25-12-16-8-6-5-7-9-16/h5-9,15H,10-14H2,1-4H3,(H,23,24). The number of likely N-dealkylation sites (tertiary alicyclic amines) is 1. The van der Waals surface area contributed by atoms with Crippen molar-refractivity contribution in [3.05, 3.63) is 35.9 Å². The Balaban J connectivity index is 1.95. The number of benzene rings is 1. The lowest BCUT2D eigenvalue weighted by atomic mass is 9.76. The second kappa shape index (κ2) is 7.56. The van der Waals surface area contributed by atoms with Crippen LogP contribution >= 0.6 is 0 Å². The number of carbonyl (C=O) groups excluding carboxylic acids is 1. The Hall–Kier alpha value is -1.88. The van der Waals surface area contributed by atoms with E-state index >= 15 is 0 Å². The predicted molar refractivity (Wildman–Crippen MR) is 96.0 cm³/mol. The highest BCUT2D eigenvalue weighted by atomic mass is 16.5. The number of amides is 1. The maximum Gasteiger partial charge on any atom is 0.311 e. The van der Waals surface area contributed by atoms with Gasteiger partial charge in [-0.05, 0) is 31.7 Å². The smallest absolute Gasteiger partial charge is 0.311 e. The van der Waals surface area contributed by atoms with Crippen LogP contribution in [0.4, 0.5) is 0 Å². The molecule has 1 N–H and O–H groups in total. The number of nitrogens with zero attached hydrogens (tertiary/aromatic N) is 1. The number of hydrogen-bond donors (Lipinski definition) is 1. The van der Waals surface area contributed by atoms with E-state index in [1.54, 1.807) is 4.90 Å². The van der Waals surface area contributed by atoms with Crippen molar-refractivity contribution >= 4 is 11.9 Å². The SMILES string of the molecule is CC(C)C1(C(=O)O)CCN(C(=O)C(C)(C)COCc2ccccc2)C1. The summed E-state index contributed by atoms with van der Waals surface area (Å²) in [6, 6.07) is 9.83. The Bertz CT molecular complexity index is 611. The highest BCUT2D eigenvalue weighted by Gasteiger charge is 2.50. The van der Waals surface area contributed by atoms with Crippen LogP contribution < -0.4 is 0 Å². The molecule has 5 nitrogen and oxygen atoms in total. The van der Waals surface area contributed by atoms with Crippen molar-refractivity contribution in [3.63, 3.8) is 0 Å². The highest BCUT2D eigenvalue weighted by molar-refractivity contribution is 5.84. The molecular formula is C20H29NO4. The number of aliphatic carboxylic acids is 1. The summed E-state index contributed by atoms with van der Waals surface area (Å²) in [5.74, 6) is -0.861. The van der Waals surface area contributed by atoms with Gasteiger partial charge in [-0.15, -0.1) is 0 Å². The van der Waals surface area contributed by atoms with Crippen molar-refractivity contribution in [1.82, 2.24) is 4.90 Å². The number of carboxylic acids is 1. The van der Waals surface area contributed by atoms with E-state index in [0.29, 0.717) is 26.2 Å². The van der Waals surface area contributed by atoms with Gasteiger partial charge in [0.1, 0.15) is 0 Å². The first-order chi connectivity index (χ1) is 11.7. The molecule has 0 aliphatic carbocycles. The van der Waals surface area contributed by atoms with Crippen molar-refractivity contribution in [1.29, 1.82) is 0 Å². The molecule has 1 aliphatic heterocycles. The van der Waals surface area contributed by atoms with E-state index in [9.17, 15) is 14.7 Å². The van der Waals surface area contributed by atoms with Crippen LogP contribution in [0.15, 0.2) is 30.3 Å². The minimum Gasteiger partial charge on any atom is -0.481 e. The summed E-state index contributed by atoms with van der Waals surface area (Å²) >= 11 is 0. The molecule has 1 aromatic carbocycles. The Morgan fingerprint density at radius 1 is 1.28 bits per heavy atom. The fraction of sp³-hybridized carbons (Fsp3) is 0.600. The maximum absolute atomic E-state index is 12.9. The van der Waals surface area contributed by atoms with E-state index in [-0.39, 0.29) is 18.4 Å². The van der Waals surface area contributed by atoms with Crippen LogP contribution in [0.5, 0.6) is 0 Å². The summed E-state index contributed by atoms with van der Waals surface area (Å²) in [6.07, 6.45) is 0.507. The minimum atomic E-state index is -0.837. The van der Waals surface area contributed by atoms with Crippen LogP contribution in [0.2, 0.25) is 0 Å². The van der Waals surface area contributed by atoms with Crippen LogP contribution in [-0.2, 0) is 20.9 Å². The van der Waals surface area contributed by atoms with E-state index in [4.69, 9.17) is 4.74 Å². The van der Waals surface area contributed by atoms with Crippen molar-refractivity contribution in [2.75, 3.05) is 19.7 Å². The molecule has 2 rings (SSSR count). The molecule has 0 spiro atoms. The highest BCUT2D eigenvalue weighted by Crippen LogP contribution is 2.39. The van der Waals surface area contributed by atoms with Gasteiger partial charge in [-0.1, -0.05) is 44.2 Å². The molecule has 1 aliphatic rings. The van der Waals surface area contributed by atoms with Crippen molar-refractivity contribution < 1.29 is 19.4 Å². The quantitative estimate of drug-likeness (QED) is 0.822. The largest absolute Gasteiger partial charge is 0.481 e. The zero-order valence-electron chi connectivity index (χ0n) is 15.6. The van der Waals surface area contributed by atoms with Crippen molar-refractivity contribution in [3.8, 4) is 0 Å². The lowest BCUT2D eigenvalue weighted by Crippen LogP contribution is -2.45. The third-order valence-corrected chi connectivity index (χ3v) is 5.27. The first kappa shape index (κ1) is 19.4. The topological polar surface area (TPSA) is 66.8 Å². The van der Waals surface area contributed by atoms with Crippen LogP contribution in [0.25, 0.3) is 0 Å². The van der Waals surface area contributed by atoms with E-state index in [1.165, 1.54) is 0 Å².